The Morgan fingerprint density at radius 1 is 0.792 bits per heavy atom. The van der Waals surface area contributed by atoms with Crippen molar-refractivity contribution in [2.75, 3.05) is 11.9 Å². The molecule has 0 saturated heterocycles. The first-order valence-corrected chi connectivity index (χ1v) is 8.37. The van der Waals surface area contributed by atoms with E-state index in [-0.39, 0.29) is 11.6 Å². The lowest BCUT2D eigenvalue weighted by Gasteiger charge is -2.18. The summed E-state index contributed by atoms with van der Waals surface area (Å²) in [5.41, 5.74) is 2.74. The van der Waals surface area contributed by atoms with Crippen LogP contribution in [0.5, 0.6) is 0 Å². The molecule has 0 aromatic heterocycles. The lowest BCUT2D eigenvalue weighted by molar-refractivity contribution is 0.0979. The van der Waals surface area contributed by atoms with Gasteiger partial charge in [0.1, 0.15) is 5.84 Å². The van der Waals surface area contributed by atoms with Crippen LogP contribution in [0.1, 0.15) is 57.5 Å². The Morgan fingerprint density at radius 3 is 2.29 bits per heavy atom. The van der Waals surface area contributed by atoms with Crippen LogP contribution in [-0.2, 0) is 0 Å². The standard InChI is InChI=1S/C20H18N2O2/c23-19-14-6-3-4-7-15(14)20(24)17-12-13(9-10-16(17)19)22-18-8-2-1-5-11-21-18/h3-4,6-7,9-10,12H,1-2,5,8,11H2,(H,21,22). The number of aliphatic imine (C=N–C) groups is 1. The highest BCUT2D eigenvalue weighted by Gasteiger charge is 2.29. The fourth-order valence-electron chi connectivity index (χ4n) is 3.32. The predicted octanol–water partition coefficient (Wildman–Crippen LogP) is 3.85. The molecule has 4 nitrogen and oxygen atoms in total. The van der Waals surface area contributed by atoms with E-state index in [9.17, 15) is 9.59 Å². The maximum atomic E-state index is 12.7. The molecule has 1 N–H and O–H groups in total. The van der Waals surface area contributed by atoms with Crippen molar-refractivity contribution in [2.24, 2.45) is 4.99 Å². The summed E-state index contributed by atoms with van der Waals surface area (Å²) >= 11 is 0. The minimum Gasteiger partial charge on any atom is -0.344 e. The minimum absolute atomic E-state index is 0.0847. The number of nitrogens with one attached hydrogen (secondary N) is 1. The first-order valence-electron chi connectivity index (χ1n) is 8.37. The summed E-state index contributed by atoms with van der Waals surface area (Å²) in [5, 5.41) is 3.32. The van der Waals surface area contributed by atoms with Crippen LogP contribution >= 0.6 is 0 Å². The highest BCUT2D eigenvalue weighted by molar-refractivity contribution is 6.28. The van der Waals surface area contributed by atoms with Gasteiger partial charge in [-0.05, 0) is 31.0 Å². The summed E-state index contributed by atoms with van der Waals surface area (Å²) < 4.78 is 0. The second kappa shape index (κ2) is 6.04. The molecule has 0 amide bonds. The molecule has 0 spiro atoms. The van der Waals surface area contributed by atoms with Crippen molar-refractivity contribution in [3.63, 3.8) is 0 Å². The van der Waals surface area contributed by atoms with Gasteiger partial charge in [-0.15, -0.1) is 0 Å². The Balaban J connectivity index is 1.69. The number of fused-ring (bicyclic) bond motifs is 2. The molecule has 0 saturated carbocycles. The van der Waals surface area contributed by atoms with Crippen molar-refractivity contribution in [1.29, 1.82) is 0 Å². The third-order valence-corrected chi connectivity index (χ3v) is 4.59. The molecule has 1 heterocycles. The molecule has 120 valence electrons. The molecule has 0 fully saturated rings. The summed E-state index contributed by atoms with van der Waals surface area (Å²) in [6, 6.07) is 12.4. The quantitative estimate of drug-likeness (QED) is 0.741. The van der Waals surface area contributed by atoms with Crippen LogP contribution in [0.2, 0.25) is 0 Å². The fraction of sp³-hybridized carbons (Fsp3) is 0.250. The first kappa shape index (κ1) is 14.8. The van der Waals surface area contributed by atoms with Gasteiger partial charge in [0.05, 0.1) is 0 Å². The minimum atomic E-state index is -0.0911. The Bertz CT molecular complexity index is 868. The van der Waals surface area contributed by atoms with Crippen molar-refractivity contribution in [2.45, 2.75) is 25.7 Å². The number of ketones is 2. The smallest absolute Gasteiger partial charge is 0.194 e. The normalized spacial score (nSPS) is 16.8. The van der Waals surface area contributed by atoms with E-state index in [0.29, 0.717) is 22.3 Å². The average molecular weight is 318 g/mol. The number of rotatable bonds is 1. The molecule has 0 unspecified atom stereocenters. The summed E-state index contributed by atoms with van der Waals surface area (Å²) in [4.78, 5) is 29.9. The molecule has 4 rings (SSSR count). The molecule has 0 bridgehead atoms. The van der Waals surface area contributed by atoms with Gasteiger partial charge in [-0.25, -0.2) is 0 Å². The molecule has 24 heavy (non-hydrogen) atoms. The number of carbonyl (C=O) groups excluding carboxylic acids is 2. The van der Waals surface area contributed by atoms with E-state index in [1.165, 1.54) is 6.42 Å². The van der Waals surface area contributed by atoms with Crippen molar-refractivity contribution in [3.05, 3.63) is 64.7 Å². The molecule has 2 aromatic rings. The van der Waals surface area contributed by atoms with Gasteiger partial charge >= 0.3 is 0 Å². The molecule has 1 aliphatic heterocycles. The number of amidine groups is 1. The van der Waals surface area contributed by atoms with E-state index in [2.05, 4.69) is 10.3 Å². The predicted molar refractivity (Wildman–Crippen MR) is 94.1 cm³/mol. The number of hydrogen-bond donors (Lipinski definition) is 1. The SMILES string of the molecule is O=C1c2ccccc2C(=O)c2cc(NC3=NCCCCC3)ccc21. The second-order valence-corrected chi connectivity index (χ2v) is 6.23. The van der Waals surface area contributed by atoms with E-state index < -0.39 is 0 Å². The Labute approximate surface area is 140 Å². The van der Waals surface area contributed by atoms with E-state index in [4.69, 9.17) is 0 Å². The Kier molecular flexibility index (Phi) is 3.73. The largest absolute Gasteiger partial charge is 0.344 e. The topological polar surface area (TPSA) is 58.5 Å². The van der Waals surface area contributed by atoms with Crippen LogP contribution in [-0.4, -0.2) is 23.9 Å². The van der Waals surface area contributed by atoms with Gasteiger partial charge in [0.2, 0.25) is 0 Å². The van der Waals surface area contributed by atoms with E-state index in [1.54, 1.807) is 36.4 Å². The van der Waals surface area contributed by atoms with Gasteiger partial charge in [0.25, 0.3) is 0 Å². The van der Waals surface area contributed by atoms with Crippen molar-refractivity contribution in [1.82, 2.24) is 0 Å². The van der Waals surface area contributed by atoms with Crippen molar-refractivity contribution in [3.8, 4) is 0 Å². The van der Waals surface area contributed by atoms with Crippen molar-refractivity contribution >= 4 is 23.1 Å². The Hall–Kier alpha value is -2.75. The number of anilines is 1. The van der Waals surface area contributed by atoms with Crippen LogP contribution in [0.3, 0.4) is 0 Å². The van der Waals surface area contributed by atoms with Gasteiger partial charge in [-0.3, -0.25) is 14.6 Å². The highest BCUT2D eigenvalue weighted by Crippen LogP contribution is 2.29. The molecule has 0 atom stereocenters. The second-order valence-electron chi connectivity index (χ2n) is 6.23. The zero-order chi connectivity index (χ0) is 16.5. The molecule has 4 heteroatoms. The van der Waals surface area contributed by atoms with Crippen LogP contribution < -0.4 is 5.32 Å². The number of benzene rings is 2. The monoisotopic (exact) mass is 318 g/mol. The maximum Gasteiger partial charge on any atom is 0.194 e. The van der Waals surface area contributed by atoms with Gasteiger partial charge < -0.3 is 5.32 Å². The summed E-state index contributed by atoms with van der Waals surface area (Å²) in [7, 11) is 0. The van der Waals surface area contributed by atoms with Crippen LogP contribution in [0.15, 0.2) is 47.5 Å². The third kappa shape index (κ3) is 2.54. The number of carbonyl (C=O) groups is 2. The van der Waals surface area contributed by atoms with Crippen LogP contribution in [0.25, 0.3) is 0 Å². The maximum absolute atomic E-state index is 12.7. The van der Waals surface area contributed by atoms with E-state index in [0.717, 1.165) is 37.3 Å². The zero-order valence-electron chi connectivity index (χ0n) is 13.3. The molecular formula is C20H18N2O2. The van der Waals surface area contributed by atoms with Gasteiger partial charge in [0.15, 0.2) is 11.6 Å². The van der Waals surface area contributed by atoms with E-state index >= 15 is 0 Å². The average Bonchev–Trinajstić information content (AvgIpc) is 2.88. The van der Waals surface area contributed by atoms with E-state index in [1.807, 2.05) is 6.07 Å². The Morgan fingerprint density at radius 2 is 1.50 bits per heavy atom. The highest BCUT2D eigenvalue weighted by atomic mass is 16.1. The van der Waals surface area contributed by atoms with Crippen molar-refractivity contribution < 1.29 is 9.59 Å². The first-order chi connectivity index (χ1) is 11.7. The number of nitrogens with zero attached hydrogens (tertiary/aromatic N) is 1. The number of hydrogen-bond acceptors (Lipinski definition) is 4. The molecule has 0 radical (unpaired) electrons. The lowest BCUT2D eigenvalue weighted by atomic mass is 9.84. The molecule has 2 aromatic carbocycles. The molecular weight excluding hydrogens is 300 g/mol. The van der Waals surface area contributed by atoms with Gasteiger partial charge in [-0.1, -0.05) is 30.7 Å². The summed E-state index contributed by atoms with van der Waals surface area (Å²) in [5.74, 6) is 0.785. The van der Waals surface area contributed by atoms with Gasteiger partial charge in [0, 0.05) is 40.9 Å². The molecule has 1 aliphatic carbocycles. The van der Waals surface area contributed by atoms with Crippen LogP contribution in [0.4, 0.5) is 5.69 Å². The fourth-order valence-corrected chi connectivity index (χ4v) is 3.32. The summed E-state index contributed by atoms with van der Waals surface area (Å²) in [6.07, 6.45) is 4.37. The summed E-state index contributed by atoms with van der Waals surface area (Å²) in [6.45, 7) is 0.845. The molecule has 2 aliphatic rings. The van der Waals surface area contributed by atoms with Crippen LogP contribution in [0, 0.1) is 0 Å². The lowest BCUT2D eigenvalue weighted by Crippen LogP contribution is -2.21. The zero-order valence-corrected chi connectivity index (χ0v) is 13.3. The third-order valence-electron chi connectivity index (χ3n) is 4.59. The van der Waals surface area contributed by atoms with Gasteiger partial charge in [-0.2, -0.15) is 0 Å².